The van der Waals surface area contributed by atoms with Crippen molar-refractivity contribution in [3.63, 3.8) is 0 Å². The molecule has 1 aliphatic rings. The number of benzene rings is 1. The summed E-state index contributed by atoms with van der Waals surface area (Å²) < 4.78 is 38.5. The maximum atomic E-state index is 12.8. The van der Waals surface area contributed by atoms with Gasteiger partial charge in [0.1, 0.15) is 5.69 Å². The number of nitro groups is 1. The van der Waals surface area contributed by atoms with E-state index in [2.05, 4.69) is 5.32 Å². The number of amides is 1. The van der Waals surface area contributed by atoms with Gasteiger partial charge in [0.25, 0.3) is 5.69 Å². The number of carbonyl (C=O) groups is 1. The van der Waals surface area contributed by atoms with Gasteiger partial charge in [-0.25, -0.2) is 0 Å². The highest BCUT2D eigenvalue weighted by molar-refractivity contribution is 5.80. The van der Waals surface area contributed by atoms with Crippen molar-refractivity contribution in [3.8, 4) is 0 Å². The van der Waals surface area contributed by atoms with E-state index < -0.39 is 22.4 Å². The molecule has 2 rings (SSSR count). The average Bonchev–Trinajstić information content (AvgIpc) is 2.60. The third-order valence-electron chi connectivity index (χ3n) is 5.05. The minimum absolute atomic E-state index is 0.0524. The zero-order valence-corrected chi connectivity index (χ0v) is 15.6. The SMILES string of the molecule is CCC(C)(C)NC(=O)C1CCN(c2ccc(C(F)(F)F)cc2[N+](=O)[O-])CC1. The predicted molar refractivity (Wildman–Crippen MR) is 95.5 cm³/mol. The summed E-state index contributed by atoms with van der Waals surface area (Å²) in [5.41, 5.74) is -1.77. The molecule has 1 heterocycles. The number of halogens is 3. The molecule has 0 unspecified atom stereocenters. The lowest BCUT2D eigenvalue weighted by Gasteiger charge is -2.34. The molecule has 1 aromatic carbocycles. The first-order valence-corrected chi connectivity index (χ1v) is 8.87. The number of piperidine rings is 1. The van der Waals surface area contributed by atoms with E-state index >= 15 is 0 Å². The van der Waals surface area contributed by atoms with Crippen LogP contribution in [0.2, 0.25) is 0 Å². The van der Waals surface area contributed by atoms with Gasteiger partial charge < -0.3 is 10.2 Å². The standard InChI is InChI=1S/C18H24F3N3O3/c1-4-17(2,3)22-16(25)12-7-9-23(10-8-12)14-6-5-13(18(19,20)21)11-15(14)24(26)27/h5-6,11-12H,4,7-10H2,1-3H3,(H,22,25). The molecule has 150 valence electrons. The normalized spacial score (nSPS) is 16.3. The molecular formula is C18H24F3N3O3. The number of nitro benzene ring substituents is 1. The maximum absolute atomic E-state index is 12.8. The summed E-state index contributed by atoms with van der Waals surface area (Å²) in [6.45, 7) is 6.59. The number of anilines is 1. The average molecular weight is 387 g/mol. The first-order chi connectivity index (χ1) is 12.4. The largest absolute Gasteiger partial charge is 0.416 e. The molecule has 1 aliphatic heterocycles. The molecule has 1 amide bonds. The van der Waals surface area contributed by atoms with Crippen LogP contribution in [0, 0.1) is 16.0 Å². The van der Waals surface area contributed by atoms with Crippen molar-refractivity contribution in [1.82, 2.24) is 5.32 Å². The van der Waals surface area contributed by atoms with Crippen LogP contribution in [0.1, 0.15) is 45.6 Å². The monoisotopic (exact) mass is 387 g/mol. The van der Waals surface area contributed by atoms with Gasteiger partial charge in [-0.05, 0) is 45.2 Å². The summed E-state index contributed by atoms with van der Waals surface area (Å²) in [5.74, 6) is -0.260. The molecule has 1 fully saturated rings. The Morgan fingerprint density at radius 1 is 1.30 bits per heavy atom. The quantitative estimate of drug-likeness (QED) is 0.609. The van der Waals surface area contributed by atoms with Crippen LogP contribution in [-0.4, -0.2) is 29.5 Å². The molecule has 6 nitrogen and oxygen atoms in total. The minimum Gasteiger partial charge on any atom is -0.366 e. The van der Waals surface area contributed by atoms with Gasteiger partial charge in [0.15, 0.2) is 0 Å². The smallest absolute Gasteiger partial charge is 0.366 e. The van der Waals surface area contributed by atoms with Gasteiger partial charge in [-0.3, -0.25) is 14.9 Å². The maximum Gasteiger partial charge on any atom is 0.416 e. The van der Waals surface area contributed by atoms with Gasteiger partial charge in [-0.2, -0.15) is 13.2 Å². The van der Waals surface area contributed by atoms with Gasteiger partial charge in [-0.15, -0.1) is 0 Å². The zero-order valence-electron chi connectivity index (χ0n) is 15.6. The number of alkyl halides is 3. The van der Waals surface area contributed by atoms with E-state index in [0.717, 1.165) is 18.6 Å². The van der Waals surface area contributed by atoms with Crippen LogP contribution in [0.15, 0.2) is 18.2 Å². The van der Waals surface area contributed by atoms with Gasteiger partial charge in [0.05, 0.1) is 10.5 Å². The lowest BCUT2D eigenvalue weighted by molar-refractivity contribution is -0.384. The van der Waals surface area contributed by atoms with Gasteiger partial charge in [-0.1, -0.05) is 6.92 Å². The summed E-state index contributed by atoms with van der Waals surface area (Å²) in [4.78, 5) is 24.5. The number of nitrogens with one attached hydrogen (secondary N) is 1. The van der Waals surface area contributed by atoms with Crippen LogP contribution in [-0.2, 0) is 11.0 Å². The number of hydrogen-bond acceptors (Lipinski definition) is 4. The van der Waals surface area contributed by atoms with Crippen LogP contribution in [0.25, 0.3) is 0 Å². The van der Waals surface area contributed by atoms with E-state index in [1.165, 1.54) is 0 Å². The van der Waals surface area contributed by atoms with Crippen molar-refractivity contribution in [2.75, 3.05) is 18.0 Å². The molecule has 1 N–H and O–H groups in total. The van der Waals surface area contributed by atoms with Crippen molar-refractivity contribution in [2.24, 2.45) is 5.92 Å². The first kappa shape index (κ1) is 21.0. The van der Waals surface area contributed by atoms with Crippen molar-refractivity contribution in [3.05, 3.63) is 33.9 Å². The second-order valence-corrected chi connectivity index (χ2v) is 7.45. The highest BCUT2D eigenvalue weighted by Gasteiger charge is 2.35. The Kier molecular flexibility index (Phi) is 6.01. The molecule has 0 aliphatic carbocycles. The van der Waals surface area contributed by atoms with E-state index in [1.54, 1.807) is 4.90 Å². The number of rotatable bonds is 5. The molecule has 9 heteroatoms. The van der Waals surface area contributed by atoms with E-state index in [9.17, 15) is 28.1 Å². The third kappa shape index (κ3) is 5.11. The molecule has 0 radical (unpaired) electrons. The summed E-state index contributed by atoms with van der Waals surface area (Å²) in [7, 11) is 0. The Balaban J connectivity index is 2.12. The lowest BCUT2D eigenvalue weighted by Crippen LogP contribution is -2.48. The second kappa shape index (κ2) is 7.74. The summed E-state index contributed by atoms with van der Waals surface area (Å²) >= 11 is 0. The van der Waals surface area contributed by atoms with Crippen LogP contribution < -0.4 is 10.2 Å². The zero-order chi connectivity index (χ0) is 20.4. The van der Waals surface area contributed by atoms with Gasteiger partial charge in [0.2, 0.25) is 5.91 Å². The van der Waals surface area contributed by atoms with Crippen molar-refractivity contribution >= 4 is 17.3 Å². The number of hydrogen-bond donors (Lipinski definition) is 1. The Labute approximate surface area is 155 Å². The topological polar surface area (TPSA) is 75.5 Å². The molecule has 0 atom stereocenters. The molecule has 1 aromatic rings. The van der Waals surface area contributed by atoms with Crippen LogP contribution in [0.5, 0.6) is 0 Å². The summed E-state index contributed by atoms with van der Waals surface area (Å²) in [6, 6.07) is 2.56. The predicted octanol–water partition coefficient (Wildman–Crippen LogP) is 4.13. The van der Waals surface area contributed by atoms with E-state index in [-0.39, 0.29) is 23.1 Å². The molecular weight excluding hydrogens is 363 g/mol. The Bertz CT molecular complexity index is 712. The van der Waals surface area contributed by atoms with E-state index in [1.807, 2.05) is 20.8 Å². The van der Waals surface area contributed by atoms with E-state index in [4.69, 9.17) is 0 Å². The molecule has 0 bridgehead atoms. The van der Waals surface area contributed by atoms with Crippen LogP contribution in [0.4, 0.5) is 24.5 Å². The molecule has 0 saturated carbocycles. The fraction of sp³-hybridized carbons (Fsp3) is 0.611. The Morgan fingerprint density at radius 2 is 1.89 bits per heavy atom. The van der Waals surface area contributed by atoms with Gasteiger partial charge >= 0.3 is 6.18 Å². The van der Waals surface area contributed by atoms with Crippen molar-refractivity contribution in [2.45, 2.75) is 51.7 Å². The van der Waals surface area contributed by atoms with Gasteiger partial charge in [0, 0.05) is 30.6 Å². The number of nitrogens with zero attached hydrogens (tertiary/aromatic N) is 2. The van der Waals surface area contributed by atoms with Crippen LogP contribution >= 0.6 is 0 Å². The minimum atomic E-state index is -4.64. The third-order valence-corrected chi connectivity index (χ3v) is 5.05. The fourth-order valence-electron chi connectivity index (χ4n) is 3.02. The van der Waals surface area contributed by atoms with Crippen molar-refractivity contribution < 1.29 is 22.9 Å². The summed E-state index contributed by atoms with van der Waals surface area (Å²) in [6.07, 6.45) is -2.87. The Morgan fingerprint density at radius 3 is 2.37 bits per heavy atom. The number of carbonyl (C=O) groups excluding carboxylic acids is 1. The van der Waals surface area contributed by atoms with E-state index in [0.29, 0.717) is 32.0 Å². The van der Waals surface area contributed by atoms with Crippen molar-refractivity contribution in [1.29, 1.82) is 0 Å². The van der Waals surface area contributed by atoms with Crippen LogP contribution in [0.3, 0.4) is 0 Å². The molecule has 1 saturated heterocycles. The highest BCUT2D eigenvalue weighted by Crippen LogP contribution is 2.37. The molecule has 27 heavy (non-hydrogen) atoms. The molecule has 0 spiro atoms. The lowest BCUT2D eigenvalue weighted by atomic mass is 9.93. The summed E-state index contributed by atoms with van der Waals surface area (Å²) in [5, 5.41) is 14.2. The first-order valence-electron chi connectivity index (χ1n) is 8.87. The highest BCUT2D eigenvalue weighted by atomic mass is 19.4. The molecule has 0 aromatic heterocycles. The second-order valence-electron chi connectivity index (χ2n) is 7.45. The Hall–Kier alpha value is -2.32. The fourth-order valence-corrected chi connectivity index (χ4v) is 3.02.